The molecule has 23 heavy (non-hydrogen) atoms. The molecule has 0 fully saturated rings. The van der Waals surface area contributed by atoms with Gasteiger partial charge in [-0.15, -0.1) is 10.2 Å². The number of nitrogens with one attached hydrogen (secondary N) is 2. The fourth-order valence-electron chi connectivity index (χ4n) is 2.05. The van der Waals surface area contributed by atoms with Crippen LogP contribution in [0.3, 0.4) is 0 Å². The van der Waals surface area contributed by atoms with Crippen LogP contribution < -0.4 is 10.6 Å². The van der Waals surface area contributed by atoms with Gasteiger partial charge in [0.25, 0.3) is 5.91 Å². The predicted molar refractivity (Wildman–Crippen MR) is 96.9 cm³/mol. The number of hydrogen-bond acceptors (Lipinski definition) is 4. The summed E-state index contributed by atoms with van der Waals surface area (Å²) in [7, 11) is 0. The first-order valence-corrected chi connectivity index (χ1v) is 8.54. The molecule has 2 aromatic rings. The lowest BCUT2D eigenvalue weighted by atomic mass is 10.2. The fraction of sp³-hybridized carbons (Fsp3) is 0.353. The third kappa shape index (κ3) is 5.32. The van der Waals surface area contributed by atoms with Gasteiger partial charge in [-0.3, -0.25) is 4.79 Å². The number of rotatable bonds is 7. The first-order valence-electron chi connectivity index (χ1n) is 7.75. The Kier molecular flexibility index (Phi) is 6.52. The van der Waals surface area contributed by atoms with Crippen molar-refractivity contribution >= 4 is 33.3 Å². The summed E-state index contributed by atoms with van der Waals surface area (Å²) in [5, 5.41) is 14.0. The molecule has 1 aromatic carbocycles. The molecule has 122 valence electrons. The van der Waals surface area contributed by atoms with Crippen LogP contribution in [0.2, 0.25) is 0 Å². The van der Waals surface area contributed by atoms with E-state index < -0.39 is 0 Å². The van der Waals surface area contributed by atoms with Gasteiger partial charge in [-0.25, -0.2) is 0 Å². The van der Waals surface area contributed by atoms with Crippen molar-refractivity contribution in [2.24, 2.45) is 0 Å². The maximum Gasteiger partial charge on any atom is 0.276 e. The van der Waals surface area contributed by atoms with Crippen LogP contribution in [0, 0.1) is 6.92 Å². The summed E-state index contributed by atoms with van der Waals surface area (Å²) < 4.78 is 0.841. The van der Waals surface area contributed by atoms with Crippen molar-refractivity contribution < 1.29 is 4.79 Å². The number of halogens is 1. The Bertz CT molecular complexity index is 658. The molecule has 2 rings (SSSR count). The average Bonchev–Trinajstić information content (AvgIpc) is 2.55. The van der Waals surface area contributed by atoms with Gasteiger partial charge in [0.15, 0.2) is 5.69 Å². The highest BCUT2D eigenvalue weighted by Crippen LogP contribution is 2.23. The molecule has 0 atom stereocenters. The van der Waals surface area contributed by atoms with Crippen LogP contribution in [0.4, 0.5) is 11.5 Å². The largest absolute Gasteiger partial charge is 0.369 e. The molecule has 1 amide bonds. The Morgan fingerprint density at radius 2 is 2.00 bits per heavy atom. The molecular formula is C17H21BrN4O. The summed E-state index contributed by atoms with van der Waals surface area (Å²) in [6.45, 7) is 5.03. The van der Waals surface area contributed by atoms with E-state index >= 15 is 0 Å². The fourth-order valence-corrected chi connectivity index (χ4v) is 2.64. The Morgan fingerprint density at radius 1 is 1.17 bits per heavy atom. The predicted octanol–water partition coefficient (Wildman–Crippen LogP) is 4.40. The number of hydrogen-bond donors (Lipinski definition) is 2. The van der Waals surface area contributed by atoms with Crippen LogP contribution in [0.25, 0.3) is 0 Å². The first-order chi connectivity index (χ1) is 11.1. The number of anilines is 2. The van der Waals surface area contributed by atoms with E-state index in [4.69, 9.17) is 0 Å². The highest BCUT2D eigenvalue weighted by atomic mass is 79.9. The van der Waals surface area contributed by atoms with E-state index in [2.05, 4.69) is 43.7 Å². The van der Waals surface area contributed by atoms with E-state index in [0.29, 0.717) is 11.5 Å². The topological polar surface area (TPSA) is 66.9 Å². The molecule has 0 bridgehead atoms. The number of unbranched alkanes of at least 4 members (excludes halogenated alkanes) is 2. The second-order valence-corrected chi connectivity index (χ2v) is 6.23. The number of nitrogens with zero attached hydrogens (tertiary/aromatic N) is 2. The van der Waals surface area contributed by atoms with E-state index in [-0.39, 0.29) is 11.6 Å². The third-order valence-corrected chi connectivity index (χ3v) is 4.01. The number of aromatic nitrogens is 2. The minimum absolute atomic E-state index is 0.278. The van der Waals surface area contributed by atoms with Gasteiger partial charge in [0.1, 0.15) is 5.82 Å². The lowest BCUT2D eigenvalue weighted by Crippen LogP contribution is -2.15. The quantitative estimate of drug-likeness (QED) is 0.702. The average molecular weight is 377 g/mol. The van der Waals surface area contributed by atoms with Gasteiger partial charge >= 0.3 is 0 Å². The minimum Gasteiger partial charge on any atom is -0.369 e. The smallest absolute Gasteiger partial charge is 0.276 e. The molecule has 1 heterocycles. The number of carbonyl (C=O) groups is 1. The lowest BCUT2D eigenvalue weighted by Gasteiger charge is -2.08. The second kappa shape index (κ2) is 8.62. The highest BCUT2D eigenvalue weighted by Gasteiger charge is 2.10. The van der Waals surface area contributed by atoms with Crippen LogP contribution in [0.1, 0.15) is 42.2 Å². The van der Waals surface area contributed by atoms with Gasteiger partial charge in [-0.1, -0.05) is 25.8 Å². The Balaban J connectivity index is 1.94. The summed E-state index contributed by atoms with van der Waals surface area (Å²) in [6, 6.07) is 9.19. The third-order valence-electron chi connectivity index (χ3n) is 3.36. The monoisotopic (exact) mass is 376 g/mol. The van der Waals surface area contributed by atoms with Crippen molar-refractivity contribution in [3.05, 3.63) is 46.1 Å². The molecular weight excluding hydrogens is 356 g/mol. The van der Waals surface area contributed by atoms with E-state index in [0.717, 1.165) is 23.0 Å². The minimum atomic E-state index is -0.278. The van der Waals surface area contributed by atoms with Gasteiger partial charge in [0, 0.05) is 11.0 Å². The zero-order valence-electron chi connectivity index (χ0n) is 13.4. The van der Waals surface area contributed by atoms with Gasteiger partial charge in [-0.05, 0) is 59.1 Å². The first kappa shape index (κ1) is 17.4. The number of amides is 1. The van der Waals surface area contributed by atoms with E-state index in [9.17, 15) is 4.79 Å². The molecule has 2 N–H and O–H groups in total. The highest BCUT2D eigenvalue weighted by molar-refractivity contribution is 9.10. The van der Waals surface area contributed by atoms with Crippen LogP contribution in [-0.4, -0.2) is 22.6 Å². The molecule has 6 heteroatoms. The molecule has 5 nitrogen and oxygen atoms in total. The molecule has 0 saturated carbocycles. The summed E-state index contributed by atoms with van der Waals surface area (Å²) in [5.41, 5.74) is 2.12. The molecule has 0 aliphatic carbocycles. The molecule has 0 radical (unpaired) electrons. The van der Waals surface area contributed by atoms with Crippen LogP contribution in [0.5, 0.6) is 0 Å². The number of aryl methyl sites for hydroxylation is 1. The maximum absolute atomic E-state index is 12.2. The van der Waals surface area contributed by atoms with Crippen LogP contribution >= 0.6 is 15.9 Å². The van der Waals surface area contributed by atoms with Crippen molar-refractivity contribution in [1.82, 2.24) is 10.2 Å². The SMILES string of the molecule is CCCCCNc1ccc(C(=O)Nc2ccc(C)cc2Br)nn1. The molecule has 0 aliphatic rings. The summed E-state index contributed by atoms with van der Waals surface area (Å²) in [6.07, 6.45) is 3.47. The summed E-state index contributed by atoms with van der Waals surface area (Å²) in [4.78, 5) is 12.2. The van der Waals surface area contributed by atoms with Crippen LogP contribution in [-0.2, 0) is 0 Å². The lowest BCUT2D eigenvalue weighted by molar-refractivity contribution is 0.102. The van der Waals surface area contributed by atoms with Gasteiger partial charge < -0.3 is 10.6 Å². The Labute approximate surface area is 145 Å². The zero-order chi connectivity index (χ0) is 16.7. The normalized spacial score (nSPS) is 10.4. The zero-order valence-corrected chi connectivity index (χ0v) is 15.0. The number of carbonyl (C=O) groups excluding carboxylic acids is 1. The molecule has 1 aromatic heterocycles. The van der Waals surface area contributed by atoms with Gasteiger partial charge in [0.05, 0.1) is 5.69 Å². The van der Waals surface area contributed by atoms with Crippen molar-refractivity contribution in [3.63, 3.8) is 0 Å². The summed E-state index contributed by atoms with van der Waals surface area (Å²) >= 11 is 3.44. The van der Waals surface area contributed by atoms with Crippen LogP contribution in [0.15, 0.2) is 34.8 Å². The Morgan fingerprint density at radius 3 is 2.65 bits per heavy atom. The summed E-state index contributed by atoms with van der Waals surface area (Å²) in [5.74, 6) is 0.411. The van der Waals surface area contributed by atoms with Crippen molar-refractivity contribution in [2.45, 2.75) is 33.1 Å². The van der Waals surface area contributed by atoms with Gasteiger partial charge in [-0.2, -0.15) is 0 Å². The Hall–Kier alpha value is -1.95. The number of benzene rings is 1. The second-order valence-electron chi connectivity index (χ2n) is 5.38. The standard InChI is InChI=1S/C17H21BrN4O/c1-3-4-5-10-19-16-9-8-15(21-22-16)17(23)20-14-7-6-12(2)11-13(14)18/h6-9,11H,3-5,10H2,1-2H3,(H,19,22)(H,20,23). The molecule has 0 spiro atoms. The molecule has 0 aliphatic heterocycles. The van der Waals surface area contributed by atoms with Crippen molar-refractivity contribution in [1.29, 1.82) is 0 Å². The van der Waals surface area contributed by atoms with Crippen molar-refractivity contribution in [3.8, 4) is 0 Å². The van der Waals surface area contributed by atoms with Crippen molar-refractivity contribution in [2.75, 3.05) is 17.2 Å². The van der Waals surface area contributed by atoms with E-state index in [1.807, 2.05) is 25.1 Å². The van der Waals surface area contributed by atoms with E-state index in [1.165, 1.54) is 12.8 Å². The van der Waals surface area contributed by atoms with E-state index in [1.54, 1.807) is 12.1 Å². The maximum atomic E-state index is 12.2. The molecule has 0 unspecified atom stereocenters. The molecule has 0 saturated heterocycles. The van der Waals surface area contributed by atoms with Gasteiger partial charge in [0.2, 0.25) is 0 Å².